The first-order valence-corrected chi connectivity index (χ1v) is 11.3. The first-order chi connectivity index (χ1) is 14.8. The third-order valence-corrected chi connectivity index (χ3v) is 6.63. The fourth-order valence-electron chi connectivity index (χ4n) is 3.42. The Bertz CT molecular complexity index is 1180. The van der Waals surface area contributed by atoms with Crippen LogP contribution in [0.3, 0.4) is 0 Å². The summed E-state index contributed by atoms with van der Waals surface area (Å²) in [5.74, 6) is -1.31. The molecule has 0 amide bonds. The lowest BCUT2D eigenvalue weighted by molar-refractivity contribution is 0.172. The summed E-state index contributed by atoms with van der Waals surface area (Å²) in [4.78, 5) is 1.72. The molecule has 2 heterocycles. The van der Waals surface area contributed by atoms with Gasteiger partial charge in [-0.1, -0.05) is 17.3 Å². The standard InChI is InChI=1S/C21H22F2N4O3S/c1-14-10-20(31(28,29)26-21-6-9-30-25-21)18(23)11-19(14)24-12-16-15(4-2-5-17(16)22)13-27-7-3-8-27/h2,4-6,9-11,24H,3,7-8,12-13H2,1H3,(H,25,26). The van der Waals surface area contributed by atoms with E-state index in [-0.39, 0.29) is 18.2 Å². The number of sulfonamides is 1. The lowest BCUT2D eigenvalue weighted by Gasteiger charge is -2.31. The fraction of sp³-hybridized carbons (Fsp3) is 0.286. The minimum atomic E-state index is -4.18. The zero-order chi connectivity index (χ0) is 22.0. The summed E-state index contributed by atoms with van der Waals surface area (Å²) in [5.41, 5.74) is 2.28. The molecule has 1 fully saturated rings. The predicted octanol–water partition coefficient (Wildman–Crippen LogP) is 3.88. The van der Waals surface area contributed by atoms with Crippen molar-refractivity contribution in [2.75, 3.05) is 23.1 Å². The normalized spacial score (nSPS) is 14.3. The average molecular weight is 448 g/mol. The van der Waals surface area contributed by atoms with Gasteiger partial charge in [-0.2, -0.15) is 0 Å². The third-order valence-electron chi connectivity index (χ3n) is 5.26. The van der Waals surface area contributed by atoms with E-state index >= 15 is 0 Å². The minimum Gasteiger partial charge on any atom is -0.381 e. The number of nitrogens with one attached hydrogen (secondary N) is 2. The summed E-state index contributed by atoms with van der Waals surface area (Å²) in [6.45, 7) is 4.45. The van der Waals surface area contributed by atoms with Gasteiger partial charge in [0.1, 0.15) is 22.8 Å². The zero-order valence-corrected chi connectivity index (χ0v) is 17.7. The van der Waals surface area contributed by atoms with Crippen LogP contribution < -0.4 is 10.0 Å². The van der Waals surface area contributed by atoms with Gasteiger partial charge in [0.05, 0.1) is 0 Å². The van der Waals surface area contributed by atoms with Crippen molar-refractivity contribution >= 4 is 21.5 Å². The van der Waals surface area contributed by atoms with Gasteiger partial charge in [-0.25, -0.2) is 17.2 Å². The molecule has 1 aromatic heterocycles. The molecule has 1 saturated heterocycles. The Balaban J connectivity index is 1.53. The lowest BCUT2D eigenvalue weighted by Crippen LogP contribution is -2.36. The molecule has 4 rings (SSSR count). The monoisotopic (exact) mass is 448 g/mol. The van der Waals surface area contributed by atoms with Crippen LogP contribution in [0, 0.1) is 18.6 Å². The van der Waals surface area contributed by atoms with Crippen molar-refractivity contribution in [3.05, 3.63) is 71.0 Å². The number of aromatic nitrogens is 1. The van der Waals surface area contributed by atoms with E-state index in [1.807, 2.05) is 6.07 Å². The molecule has 7 nitrogen and oxygen atoms in total. The second-order valence-electron chi connectivity index (χ2n) is 7.45. The minimum absolute atomic E-state index is 0.0476. The van der Waals surface area contributed by atoms with E-state index in [1.165, 1.54) is 24.5 Å². The molecule has 0 bridgehead atoms. The second kappa shape index (κ2) is 8.64. The van der Waals surface area contributed by atoms with Crippen LogP contribution in [0.15, 0.2) is 52.1 Å². The van der Waals surface area contributed by atoms with Gasteiger partial charge in [-0.15, -0.1) is 0 Å². The summed E-state index contributed by atoms with van der Waals surface area (Å²) in [6, 6.07) is 8.60. The maximum Gasteiger partial charge on any atom is 0.266 e. The second-order valence-corrected chi connectivity index (χ2v) is 9.10. The van der Waals surface area contributed by atoms with Crippen molar-refractivity contribution in [1.82, 2.24) is 10.1 Å². The highest BCUT2D eigenvalue weighted by molar-refractivity contribution is 7.92. The third kappa shape index (κ3) is 4.70. The fourth-order valence-corrected chi connectivity index (χ4v) is 4.56. The van der Waals surface area contributed by atoms with Crippen LogP contribution in [0.4, 0.5) is 20.3 Å². The van der Waals surface area contributed by atoms with Crippen LogP contribution in [0.5, 0.6) is 0 Å². The van der Waals surface area contributed by atoms with Crippen molar-refractivity contribution in [3.63, 3.8) is 0 Å². The van der Waals surface area contributed by atoms with E-state index in [9.17, 15) is 17.2 Å². The van der Waals surface area contributed by atoms with Gasteiger partial charge in [0, 0.05) is 30.4 Å². The van der Waals surface area contributed by atoms with Gasteiger partial charge in [0.15, 0.2) is 5.82 Å². The number of nitrogens with zero attached hydrogens (tertiary/aromatic N) is 2. The first kappa shape index (κ1) is 21.3. The van der Waals surface area contributed by atoms with Gasteiger partial charge < -0.3 is 9.84 Å². The molecular formula is C21H22F2N4O3S. The first-order valence-electron chi connectivity index (χ1n) is 9.79. The van der Waals surface area contributed by atoms with E-state index < -0.39 is 20.7 Å². The van der Waals surface area contributed by atoms with Crippen LogP contribution in [-0.4, -0.2) is 31.6 Å². The van der Waals surface area contributed by atoms with Crippen LogP contribution in [0.25, 0.3) is 0 Å². The largest absolute Gasteiger partial charge is 0.381 e. The number of hydrogen-bond donors (Lipinski definition) is 2. The van der Waals surface area contributed by atoms with E-state index in [1.54, 1.807) is 13.0 Å². The Morgan fingerprint density at radius 3 is 2.65 bits per heavy atom. The van der Waals surface area contributed by atoms with Crippen molar-refractivity contribution in [1.29, 1.82) is 0 Å². The highest BCUT2D eigenvalue weighted by Gasteiger charge is 2.22. The lowest BCUT2D eigenvalue weighted by atomic mass is 10.0. The Hall–Kier alpha value is -2.98. The Labute approximate surface area is 179 Å². The molecule has 2 aromatic carbocycles. The number of hydrogen-bond acceptors (Lipinski definition) is 6. The highest BCUT2D eigenvalue weighted by atomic mass is 32.2. The predicted molar refractivity (Wildman–Crippen MR) is 112 cm³/mol. The number of benzene rings is 2. The topological polar surface area (TPSA) is 87.5 Å². The van der Waals surface area contributed by atoms with E-state index in [0.717, 1.165) is 31.1 Å². The summed E-state index contributed by atoms with van der Waals surface area (Å²) in [7, 11) is -4.18. The molecule has 0 saturated carbocycles. The summed E-state index contributed by atoms with van der Waals surface area (Å²) in [5, 5.41) is 6.51. The molecule has 0 atom stereocenters. The zero-order valence-electron chi connectivity index (χ0n) is 16.9. The van der Waals surface area contributed by atoms with Gasteiger partial charge in [-0.05, 0) is 55.8 Å². The van der Waals surface area contributed by atoms with Crippen LogP contribution >= 0.6 is 0 Å². The molecule has 1 aliphatic rings. The highest BCUT2D eigenvalue weighted by Crippen LogP contribution is 2.26. The number of aryl methyl sites for hydroxylation is 1. The molecule has 10 heteroatoms. The van der Waals surface area contributed by atoms with Gasteiger partial charge in [-0.3, -0.25) is 9.62 Å². The molecular weight excluding hydrogens is 426 g/mol. The summed E-state index contributed by atoms with van der Waals surface area (Å²) in [6.07, 6.45) is 2.34. The Morgan fingerprint density at radius 1 is 1.16 bits per heavy atom. The maximum atomic E-state index is 14.7. The maximum absolute atomic E-state index is 14.7. The van der Waals surface area contributed by atoms with Crippen molar-refractivity contribution in [2.24, 2.45) is 0 Å². The molecule has 2 N–H and O–H groups in total. The van der Waals surface area contributed by atoms with Crippen molar-refractivity contribution in [2.45, 2.75) is 31.3 Å². The number of rotatable bonds is 8. The molecule has 0 radical (unpaired) electrons. The van der Waals surface area contributed by atoms with E-state index in [2.05, 4.69) is 24.6 Å². The molecule has 31 heavy (non-hydrogen) atoms. The number of anilines is 2. The van der Waals surface area contributed by atoms with Crippen LogP contribution in [-0.2, 0) is 23.1 Å². The molecule has 1 aliphatic heterocycles. The summed E-state index contributed by atoms with van der Waals surface area (Å²) >= 11 is 0. The Morgan fingerprint density at radius 2 is 1.97 bits per heavy atom. The molecule has 0 unspecified atom stereocenters. The van der Waals surface area contributed by atoms with Crippen LogP contribution in [0.1, 0.15) is 23.1 Å². The van der Waals surface area contributed by atoms with Gasteiger partial charge in [0.2, 0.25) is 0 Å². The molecule has 0 aliphatic carbocycles. The van der Waals surface area contributed by atoms with Crippen LogP contribution in [0.2, 0.25) is 0 Å². The molecule has 164 valence electrons. The molecule has 0 spiro atoms. The quantitative estimate of drug-likeness (QED) is 0.544. The number of halogens is 2. The summed E-state index contributed by atoms with van der Waals surface area (Å²) < 4.78 is 60.9. The van der Waals surface area contributed by atoms with E-state index in [4.69, 9.17) is 0 Å². The van der Waals surface area contributed by atoms with E-state index in [0.29, 0.717) is 23.4 Å². The molecule has 3 aromatic rings. The van der Waals surface area contributed by atoms with Crippen molar-refractivity contribution < 1.29 is 21.7 Å². The van der Waals surface area contributed by atoms with Crippen molar-refractivity contribution in [3.8, 4) is 0 Å². The Kier molecular flexibility index (Phi) is 5.92. The SMILES string of the molecule is Cc1cc(S(=O)(=O)Nc2ccon2)c(F)cc1NCc1c(F)cccc1CN1CCC1. The smallest absolute Gasteiger partial charge is 0.266 e. The number of likely N-dealkylation sites (tertiary alicyclic amines) is 1. The van der Waals surface area contributed by atoms with Gasteiger partial charge >= 0.3 is 0 Å². The average Bonchev–Trinajstić information content (AvgIpc) is 3.18. The van der Waals surface area contributed by atoms with Gasteiger partial charge in [0.25, 0.3) is 10.0 Å².